The second kappa shape index (κ2) is 13.7. The Morgan fingerprint density at radius 1 is 0.950 bits per heavy atom. The molecule has 40 heavy (non-hydrogen) atoms. The highest BCUT2D eigenvalue weighted by molar-refractivity contribution is 7.92. The fraction of sp³-hybridized carbons (Fsp3) is 0.333. The molecule has 0 aliphatic rings. The number of carbonyl (C=O) groups is 2. The van der Waals surface area contributed by atoms with Gasteiger partial charge in [0.2, 0.25) is 11.8 Å². The Kier molecular flexibility index (Phi) is 10.6. The van der Waals surface area contributed by atoms with Gasteiger partial charge in [-0.25, -0.2) is 8.42 Å². The van der Waals surface area contributed by atoms with Gasteiger partial charge in [-0.15, -0.1) is 0 Å². The van der Waals surface area contributed by atoms with Crippen molar-refractivity contribution in [3.63, 3.8) is 0 Å². The van der Waals surface area contributed by atoms with Gasteiger partial charge in [0.1, 0.15) is 18.3 Å². The number of benzene rings is 3. The lowest BCUT2D eigenvalue weighted by Crippen LogP contribution is -2.52. The lowest BCUT2D eigenvalue weighted by Gasteiger charge is -2.32. The van der Waals surface area contributed by atoms with E-state index in [1.807, 2.05) is 45.0 Å². The van der Waals surface area contributed by atoms with Gasteiger partial charge in [0.05, 0.1) is 17.2 Å². The summed E-state index contributed by atoms with van der Waals surface area (Å²) in [5.41, 5.74) is 2.08. The summed E-state index contributed by atoms with van der Waals surface area (Å²) in [6.07, 6.45) is 0. The molecule has 8 nitrogen and oxygen atoms in total. The van der Waals surface area contributed by atoms with E-state index in [1.54, 1.807) is 38.1 Å². The Labute approximate surface area is 241 Å². The molecule has 0 radical (unpaired) electrons. The summed E-state index contributed by atoms with van der Waals surface area (Å²) in [6.45, 7) is 8.92. The van der Waals surface area contributed by atoms with Crippen molar-refractivity contribution in [2.24, 2.45) is 0 Å². The van der Waals surface area contributed by atoms with E-state index in [-0.39, 0.29) is 29.1 Å². The van der Waals surface area contributed by atoms with E-state index >= 15 is 0 Å². The van der Waals surface area contributed by atoms with Crippen LogP contribution in [-0.4, -0.2) is 50.4 Å². The summed E-state index contributed by atoms with van der Waals surface area (Å²) in [4.78, 5) is 28.4. The predicted molar refractivity (Wildman–Crippen MR) is 158 cm³/mol. The predicted octanol–water partition coefficient (Wildman–Crippen LogP) is 5.18. The zero-order valence-corrected chi connectivity index (χ0v) is 25.0. The van der Waals surface area contributed by atoms with E-state index in [0.29, 0.717) is 17.4 Å². The van der Waals surface area contributed by atoms with Crippen molar-refractivity contribution in [2.45, 2.75) is 58.1 Å². The first-order chi connectivity index (χ1) is 18.9. The van der Waals surface area contributed by atoms with Crippen molar-refractivity contribution in [1.29, 1.82) is 0 Å². The van der Waals surface area contributed by atoms with Crippen LogP contribution in [0.25, 0.3) is 0 Å². The zero-order valence-electron chi connectivity index (χ0n) is 23.4. The van der Waals surface area contributed by atoms with Gasteiger partial charge in [0.15, 0.2) is 0 Å². The molecule has 0 aromatic heterocycles. The van der Waals surface area contributed by atoms with Crippen molar-refractivity contribution in [3.8, 4) is 5.75 Å². The van der Waals surface area contributed by atoms with Crippen molar-refractivity contribution >= 4 is 39.1 Å². The molecule has 10 heteroatoms. The number of para-hydroxylation sites is 2. The van der Waals surface area contributed by atoms with Gasteiger partial charge in [0, 0.05) is 17.6 Å². The minimum atomic E-state index is -4.24. The normalized spacial score (nSPS) is 12.1. The average molecular weight is 586 g/mol. The van der Waals surface area contributed by atoms with E-state index in [1.165, 1.54) is 29.2 Å². The van der Waals surface area contributed by atoms with Crippen LogP contribution in [0.2, 0.25) is 5.02 Å². The Morgan fingerprint density at radius 3 is 2.17 bits per heavy atom. The van der Waals surface area contributed by atoms with Gasteiger partial charge >= 0.3 is 0 Å². The van der Waals surface area contributed by atoms with Gasteiger partial charge in [-0.3, -0.25) is 13.9 Å². The van der Waals surface area contributed by atoms with Gasteiger partial charge in [-0.1, -0.05) is 53.6 Å². The molecule has 1 atom stereocenters. The minimum absolute atomic E-state index is 0.0355. The molecule has 0 spiro atoms. The third kappa shape index (κ3) is 7.76. The zero-order chi connectivity index (χ0) is 29.4. The summed E-state index contributed by atoms with van der Waals surface area (Å²) in [7, 11) is -4.24. The van der Waals surface area contributed by atoms with Crippen molar-refractivity contribution in [3.05, 3.63) is 88.9 Å². The maximum Gasteiger partial charge on any atom is 0.264 e. The first-order valence-electron chi connectivity index (χ1n) is 13.1. The second-order valence-electron chi connectivity index (χ2n) is 9.71. The number of nitrogens with zero attached hydrogens (tertiary/aromatic N) is 2. The lowest BCUT2D eigenvalue weighted by atomic mass is 10.1. The average Bonchev–Trinajstić information content (AvgIpc) is 2.91. The van der Waals surface area contributed by atoms with Crippen LogP contribution in [0.3, 0.4) is 0 Å². The van der Waals surface area contributed by atoms with Crippen molar-refractivity contribution in [1.82, 2.24) is 10.2 Å². The van der Waals surface area contributed by atoms with Crippen molar-refractivity contribution < 1.29 is 22.7 Å². The first kappa shape index (κ1) is 31.0. The number of aryl methyl sites for hydroxylation is 1. The molecule has 0 bridgehead atoms. The fourth-order valence-electron chi connectivity index (χ4n) is 4.07. The molecule has 3 rings (SSSR count). The Bertz CT molecular complexity index is 1410. The quantitative estimate of drug-likeness (QED) is 0.316. The highest BCUT2D eigenvalue weighted by atomic mass is 35.5. The highest BCUT2D eigenvalue weighted by Crippen LogP contribution is 2.33. The minimum Gasteiger partial charge on any atom is -0.492 e. The number of hydrogen-bond acceptors (Lipinski definition) is 5. The van der Waals surface area contributed by atoms with Crippen molar-refractivity contribution in [2.75, 3.05) is 17.5 Å². The van der Waals surface area contributed by atoms with Crippen LogP contribution in [-0.2, 0) is 26.2 Å². The van der Waals surface area contributed by atoms with E-state index < -0.39 is 28.5 Å². The molecule has 3 aromatic carbocycles. The third-order valence-corrected chi connectivity index (χ3v) is 8.21. The molecular formula is C30H36ClN3O5S. The summed E-state index contributed by atoms with van der Waals surface area (Å²) < 4.78 is 34.7. The number of rotatable bonds is 12. The van der Waals surface area contributed by atoms with E-state index in [9.17, 15) is 18.0 Å². The topological polar surface area (TPSA) is 96.0 Å². The Hall–Kier alpha value is -3.56. The third-order valence-electron chi connectivity index (χ3n) is 6.19. The SMILES string of the molecule is CCOc1ccccc1N(CC(=O)N(Cc1ccc(C)cc1)[C@@H](C)C(=O)NC(C)C)S(=O)(=O)c1ccc(Cl)cc1. The number of hydrogen-bond donors (Lipinski definition) is 1. The number of sulfonamides is 1. The maximum absolute atomic E-state index is 14.0. The monoisotopic (exact) mass is 585 g/mol. The van der Waals surface area contributed by atoms with Crippen LogP contribution in [0.15, 0.2) is 77.7 Å². The molecule has 3 aromatic rings. The van der Waals surface area contributed by atoms with Gasteiger partial charge in [0.25, 0.3) is 10.0 Å². The number of carbonyl (C=O) groups excluding carboxylic acids is 2. The van der Waals surface area contributed by atoms with Crippen LogP contribution in [0.5, 0.6) is 5.75 Å². The van der Waals surface area contributed by atoms with Crippen LogP contribution in [0.1, 0.15) is 38.8 Å². The largest absolute Gasteiger partial charge is 0.492 e. The molecule has 214 valence electrons. The molecule has 2 amide bonds. The Morgan fingerprint density at radius 2 is 1.57 bits per heavy atom. The molecule has 0 aliphatic carbocycles. The van der Waals surface area contributed by atoms with Crippen LogP contribution < -0.4 is 14.4 Å². The number of halogens is 1. The molecule has 0 fully saturated rings. The molecule has 0 aliphatic heterocycles. The molecule has 0 saturated carbocycles. The molecule has 1 N–H and O–H groups in total. The standard InChI is InChI=1S/C30H36ClN3O5S/c1-6-39-28-10-8-7-9-27(28)34(40(37,38)26-17-15-25(31)16-18-26)20-29(35)33(23(5)30(36)32-21(2)3)19-24-13-11-22(4)12-14-24/h7-18,21,23H,6,19-20H2,1-5H3,(H,32,36)/t23-/m0/s1. The number of nitrogens with one attached hydrogen (secondary N) is 1. The lowest BCUT2D eigenvalue weighted by molar-refractivity contribution is -0.139. The summed E-state index contributed by atoms with van der Waals surface area (Å²) in [5.74, 6) is -0.570. The van der Waals surface area contributed by atoms with Crippen LogP contribution >= 0.6 is 11.6 Å². The van der Waals surface area contributed by atoms with E-state index in [4.69, 9.17) is 16.3 Å². The summed E-state index contributed by atoms with van der Waals surface area (Å²) in [6, 6.07) is 19.0. The molecular weight excluding hydrogens is 550 g/mol. The van der Waals surface area contributed by atoms with Crippen LogP contribution in [0, 0.1) is 6.92 Å². The molecule has 0 heterocycles. The van der Waals surface area contributed by atoms with Gasteiger partial charge in [-0.2, -0.15) is 0 Å². The number of amides is 2. The molecule has 0 saturated heterocycles. The summed E-state index contributed by atoms with van der Waals surface area (Å²) in [5, 5.41) is 3.23. The first-order valence-corrected chi connectivity index (χ1v) is 14.9. The highest BCUT2D eigenvalue weighted by Gasteiger charge is 2.34. The van der Waals surface area contributed by atoms with Gasteiger partial charge < -0.3 is 15.0 Å². The van der Waals surface area contributed by atoms with E-state index in [0.717, 1.165) is 15.4 Å². The molecule has 0 unspecified atom stereocenters. The van der Waals surface area contributed by atoms with E-state index in [2.05, 4.69) is 5.32 Å². The smallest absolute Gasteiger partial charge is 0.264 e. The fourth-order valence-corrected chi connectivity index (χ4v) is 5.62. The van der Waals surface area contributed by atoms with Gasteiger partial charge in [-0.05, 0) is 76.6 Å². The Balaban J connectivity index is 2.08. The number of ether oxygens (including phenoxy) is 1. The maximum atomic E-state index is 14.0. The van der Waals surface area contributed by atoms with Crippen LogP contribution in [0.4, 0.5) is 5.69 Å². The summed E-state index contributed by atoms with van der Waals surface area (Å²) >= 11 is 6.01. The number of anilines is 1. The second-order valence-corrected chi connectivity index (χ2v) is 12.0.